The normalized spacial score (nSPS) is 19.7. The van der Waals surface area contributed by atoms with Crippen molar-refractivity contribution in [3.63, 3.8) is 0 Å². The average molecular weight is 699 g/mol. The molecule has 0 aliphatic carbocycles. The number of urea groups is 1. The van der Waals surface area contributed by atoms with Crippen LogP contribution >= 0.6 is 0 Å². The summed E-state index contributed by atoms with van der Waals surface area (Å²) in [5.74, 6) is -0.560. The van der Waals surface area contributed by atoms with E-state index in [0.29, 0.717) is 24.3 Å². The quantitative estimate of drug-likeness (QED) is 0.247. The molecule has 10 nitrogen and oxygen atoms in total. The lowest BCUT2D eigenvalue weighted by atomic mass is 10.0. The first-order valence-electron chi connectivity index (χ1n) is 16.7. The van der Waals surface area contributed by atoms with E-state index in [0.717, 1.165) is 37.1 Å². The Hall–Kier alpha value is -4.62. The summed E-state index contributed by atoms with van der Waals surface area (Å²) in [6.45, 7) is 6.15. The van der Waals surface area contributed by atoms with E-state index in [1.54, 1.807) is 55.3 Å². The fourth-order valence-corrected chi connectivity index (χ4v) is 5.65. The van der Waals surface area contributed by atoms with Gasteiger partial charge in [0.05, 0.1) is 36.0 Å². The van der Waals surface area contributed by atoms with Crippen molar-refractivity contribution in [2.75, 3.05) is 44.0 Å². The highest BCUT2D eigenvalue weighted by Crippen LogP contribution is 2.31. The van der Waals surface area contributed by atoms with Crippen LogP contribution < -0.4 is 15.4 Å². The van der Waals surface area contributed by atoms with Gasteiger partial charge in [-0.1, -0.05) is 25.1 Å². The van der Waals surface area contributed by atoms with E-state index in [1.807, 2.05) is 19.9 Å². The number of hydrogen-bond acceptors (Lipinski definition) is 6. The number of ether oxygens (including phenoxy) is 2. The Bertz CT molecular complexity index is 1590. The third-order valence-electron chi connectivity index (χ3n) is 8.60. The molecule has 0 saturated carbocycles. The Kier molecular flexibility index (Phi) is 13.3. The lowest BCUT2D eigenvalue weighted by Gasteiger charge is -2.36. The number of aliphatic hydroxyl groups is 1. The van der Waals surface area contributed by atoms with Gasteiger partial charge >= 0.3 is 12.2 Å². The molecule has 1 heterocycles. The second-order valence-electron chi connectivity index (χ2n) is 12.7. The number of amides is 4. The summed E-state index contributed by atoms with van der Waals surface area (Å²) < 4.78 is 51.4. The Morgan fingerprint density at radius 1 is 1.00 bits per heavy atom. The van der Waals surface area contributed by atoms with Gasteiger partial charge in [-0.05, 0) is 87.7 Å². The smallest absolute Gasteiger partial charge is 0.416 e. The van der Waals surface area contributed by atoms with E-state index >= 15 is 0 Å². The van der Waals surface area contributed by atoms with E-state index in [4.69, 9.17) is 9.47 Å². The van der Waals surface area contributed by atoms with Crippen LogP contribution in [0.2, 0.25) is 0 Å². The molecule has 13 heteroatoms. The standard InChI is InChI=1S/C37H45F3N4O6/c1-24-21-44(25(2)23-45)35(47)31-20-30(42-36(48)41-29-15-13-28(14-16-29)37(38,39)40)17-18-32(31)50-26(3)10-8-9-19-49-33(24)22-43(4)34(46)27-11-6-5-7-12-27/h5-7,11-18,20,24-26,33,45H,8-10,19,21-23H2,1-4H3,(H2,41,42,48)/t24-,25-,26-,33+/m0/s1. The zero-order valence-corrected chi connectivity index (χ0v) is 28.7. The van der Waals surface area contributed by atoms with E-state index in [2.05, 4.69) is 10.6 Å². The molecular formula is C37H45F3N4O6. The Balaban J connectivity index is 1.59. The van der Waals surface area contributed by atoms with Crippen LogP contribution in [0.3, 0.4) is 0 Å². The van der Waals surface area contributed by atoms with E-state index in [9.17, 15) is 32.7 Å². The average Bonchev–Trinajstić information content (AvgIpc) is 3.09. The summed E-state index contributed by atoms with van der Waals surface area (Å²) in [5.41, 5.74) is 0.251. The fourth-order valence-electron chi connectivity index (χ4n) is 5.65. The maximum Gasteiger partial charge on any atom is 0.416 e. The van der Waals surface area contributed by atoms with Crippen molar-refractivity contribution in [3.05, 3.63) is 89.5 Å². The van der Waals surface area contributed by atoms with Gasteiger partial charge in [0.25, 0.3) is 11.8 Å². The minimum absolute atomic E-state index is 0.145. The highest BCUT2D eigenvalue weighted by atomic mass is 19.4. The number of alkyl halides is 3. The number of hydrogen-bond donors (Lipinski definition) is 3. The first-order chi connectivity index (χ1) is 23.8. The molecule has 0 bridgehead atoms. The maximum atomic E-state index is 14.3. The predicted molar refractivity (Wildman–Crippen MR) is 184 cm³/mol. The monoisotopic (exact) mass is 698 g/mol. The fraction of sp³-hybridized carbons (Fsp3) is 0.432. The van der Waals surface area contributed by atoms with Crippen molar-refractivity contribution in [1.29, 1.82) is 0 Å². The summed E-state index contributed by atoms with van der Waals surface area (Å²) in [6, 6.07) is 16.3. The van der Waals surface area contributed by atoms with Crippen molar-refractivity contribution in [2.45, 2.75) is 64.5 Å². The number of rotatable bonds is 7. The second-order valence-corrected chi connectivity index (χ2v) is 12.7. The Labute approximate surface area is 290 Å². The van der Waals surface area contributed by atoms with Gasteiger partial charge in [0.2, 0.25) is 0 Å². The van der Waals surface area contributed by atoms with Gasteiger partial charge in [-0.25, -0.2) is 4.79 Å². The third kappa shape index (κ3) is 10.4. The van der Waals surface area contributed by atoms with Crippen molar-refractivity contribution in [2.24, 2.45) is 5.92 Å². The van der Waals surface area contributed by atoms with Gasteiger partial charge < -0.3 is 35.0 Å². The van der Waals surface area contributed by atoms with Crippen LogP contribution in [0.4, 0.5) is 29.3 Å². The Morgan fingerprint density at radius 2 is 1.66 bits per heavy atom. The minimum Gasteiger partial charge on any atom is -0.490 e. The van der Waals surface area contributed by atoms with Crippen LogP contribution in [-0.4, -0.2) is 84.4 Å². The van der Waals surface area contributed by atoms with Gasteiger partial charge in [-0.15, -0.1) is 0 Å². The molecule has 0 fully saturated rings. The first kappa shape index (κ1) is 38.2. The molecule has 0 saturated heterocycles. The number of nitrogens with one attached hydrogen (secondary N) is 2. The molecule has 3 aromatic carbocycles. The summed E-state index contributed by atoms with van der Waals surface area (Å²) >= 11 is 0. The van der Waals surface area contributed by atoms with Crippen LogP contribution in [0.25, 0.3) is 0 Å². The third-order valence-corrected chi connectivity index (χ3v) is 8.60. The molecule has 0 aromatic heterocycles. The SMILES string of the molecule is C[C@H]1CCCCO[C@H](CN(C)C(=O)c2ccccc2)[C@@H](C)CN([C@@H](C)CO)C(=O)c2cc(NC(=O)Nc3ccc(C(F)(F)F)cc3)ccc2O1. The summed E-state index contributed by atoms with van der Waals surface area (Å²) in [6.07, 6.45) is -2.97. The zero-order chi connectivity index (χ0) is 36.4. The van der Waals surface area contributed by atoms with Crippen molar-refractivity contribution in [1.82, 2.24) is 9.80 Å². The van der Waals surface area contributed by atoms with Gasteiger partial charge in [-0.2, -0.15) is 13.2 Å². The molecule has 1 aliphatic heterocycles. The zero-order valence-electron chi connectivity index (χ0n) is 28.7. The lowest BCUT2D eigenvalue weighted by molar-refractivity contribution is -0.137. The highest BCUT2D eigenvalue weighted by Gasteiger charge is 2.32. The topological polar surface area (TPSA) is 120 Å². The second kappa shape index (κ2) is 17.3. The number of aliphatic hydroxyl groups excluding tert-OH is 1. The molecule has 1 aliphatic rings. The molecule has 3 N–H and O–H groups in total. The molecule has 0 radical (unpaired) electrons. The highest BCUT2D eigenvalue weighted by molar-refractivity contribution is 6.02. The van der Waals surface area contributed by atoms with Gasteiger partial charge in [0.15, 0.2) is 0 Å². The van der Waals surface area contributed by atoms with Crippen molar-refractivity contribution in [3.8, 4) is 5.75 Å². The maximum absolute atomic E-state index is 14.3. The van der Waals surface area contributed by atoms with Crippen molar-refractivity contribution < 1.29 is 42.1 Å². The number of carbonyl (C=O) groups is 3. The number of nitrogens with zero attached hydrogens (tertiary/aromatic N) is 2. The number of likely N-dealkylation sites (N-methyl/N-ethyl adjacent to an activating group) is 1. The van der Waals surface area contributed by atoms with Gasteiger partial charge in [0, 0.05) is 49.6 Å². The van der Waals surface area contributed by atoms with E-state index in [-0.39, 0.29) is 54.6 Å². The predicted octanol–water partition coefficient (Wildman–Crippen LogP) is 6.92. The van der Waals surface area contributed by atoms with Gasteiger partial charge in [-0.3, -0.25) is 9.59 Å². The largest absolute Gasteiger partial charge is 0.490 e. The van der Waals surface area contributed by atoms with Crippen LogP contribution in [0.1, 0.15) is 66.3 Å². The molecule has 4 rings (SSSR count). The lowest BCUT2D eigenvalue weighted by Crippen LogP contribution is -2.48. The van der Waals surface area contributed by atoms with Crippen LogP contribution in [0.5, 0.6) is 5.75 Å². The minimum atomic E-state index is -4.51. The van der Waals surface area contributed by atoms with E-state index < -0.39 is 35.8 Å². The number of benzene rings is 3. The molecule has 50 heavy (non-hydrogen) atoms. The van der Waals surface area contributed by atoms with Gasteiger partial charge in [0.1, 0.15) is 5.75 Å². The molecule has 270 valence electrons. The number of carbonyl (C=O) groups excluding carboxylic acids is 3. The summed E-state index contributed by atoms with van der Waals surface area (Å²) in [4.78, 5) is 43.5. The number of anilines is 2. The summed E-state index contributed by atoms with van der Waals surface area (Å²) in [5, 5.41) is 15.3. The van der Waals surface area contributed by atoms with E-state index in [1.165, 1.54) is 11.0 Å². The van der Waals surface area contributed by atoms with Crippen LogP contribution in [0.15, 0.2) is 72.8 Å². The van der Waals surface area contributed by atoms with Crippen LogP contribution in [-0.2, 0) is 10.9 Å². The molecular weight excluding hydrogens is 653 g/mol. The molecule has 0 spiro atoms. The first-order valence-corrected chi connectivity index (χ1v) is 16.7. The van der Waals surface area contributed by atoms with Crippen LogP contribution in [0, 0.1) is 5.92 Å². The molecule has 3 aromatic rings. The number of fused-ring (bicyclic) bond motifs is 1. The molecule has 4 atom stereocenters. The molecule has 4 amide bonds. The summed E-state index contributed by atoms with van der Waals surface area (Å²) in [7, 11) is 1.72. The Morgan fingerprint density at radius 3 is 2.32 bits per heavy atom. The van der Waals surface area contributed by atoms with Crippen molar-refractivity contribution >= 4 is 29.2 Å². The molecule has 0 unspecified atom stereocenters. The number of halogens is 3.